The van der Waals surface area contributed by atoms with Gasteiger partial charge in [-0.25, -0.2) is 9.36 Å². The Labute approximate surface area is 174 Å². The van der Waals surface area contributed by atoms with Gasteiger partial charge in [0, 0.05) is 11.4 Å². The number of aromatic nitrogens is 2. The van der Waals surface area contributed by atoms with E-state index >= 15 is 0 Å². The van der Waals surface area contributed by atoms with Crippen molar-refractivity contribution in [3.05, 3.63) is 79.5 Å². The van der Waals surface area contributed by atoms with Crippen molar-refractivity contribution >= 4 is 17.3 Å². The number of H-pyrrole nitrogens is 1. The van der Waals surface area contributed by atoms with Crippen LogP contribution in [0.3, 0.4) is 0 Å². The number of rotatable bonds is 4. The molecule has 1 aromatic heterocycles. The fourth-order valence-electron chi connectivity index (χ4n) is 3.32. The SMILES string of the molecule is COc1cc([C@@H]2CC(c3c(O)n(-c4ccc(Cl)cc4)c(=O)[nH]c3=O)=NN2)ccc1O. The highest BCUT2D eigenvalue weighted by atomic mass is 35.5. The maximum Gasteiger partial charge on any atom is 0.335 e. The number of aromatic hydroxyl groups is 2. The van der Waals surface area contributed by atoms with Gasteiger partial charge in [-0.3, -0.25) is 9.78 Å². The van der Waals surface area contributed by atoms with Crippen LogP contribution in [0.4, 0.5) is 0 Å². The van der Waals surface area contributed by atoms with Gasteiger partial charge in [-0.15, -0.1) is 0 Å². The fourth-order valence-corrected chi connectivity index (χ4v) is 3.44. The Hall–Kier alpha value is -3.72. The second-order valence-electron chi connectivity index (χ2n) is 6.65. The molecule has 30 heavy (non-hydrogen) atoms. The van der Waals surface area contributed by atoms with E-state index in [1.54, 1.807) is 36.4 Å². The van der Waals surface area contributed by atoms with Crippen molar-refractivity contribution in [2.45, 2.75) is 12.5 Å². The Morgan fingerprint density at radius 2 is 1.90 bits per heavy atom. The third-order valence-corrected chi connectivity index (χ3v) is 5.07. The third kappa shape index (κ3) is 3.39. The maximum atomic E-state index is 12.5. The first kappa shape index (κ1) is 19.6. The van der Waals surface area contributed by atoms with Gasteiger partial charge in [0.15, 0.2) is 11.5 Å². The van der Waals surface area contributed by atoms with Gasteiger partial charge in [0.25, 0.3) is 5.56 Å². The summed E-state index contributed by atoms with van der Waals surface area (Å²) in [5.41, 5.74) is 2.67. The predicted octanol–water partition coefficient (Wildman–Crippen LogP) is 2.04. The molecule has 0 saturated carbocycles. The molecule has 9 nitrogen and oxygen atoms in total. The Morgan fingerprint density at radius 3 is 2.60 bits per heavy atom. The van der Waals surface area contributed by atoms with E-state index in [9.17, 15) is 19.8 Å². The summed E-state index contributed by atoms with van der Waals surface area (Å²) in [7, 11) is 1.44. The molecule has 0 unspecified atom stereocenters. The molecule has 3 aromatic rings. The molecule has 2 aromatic carbocycles. The van der Waals surface area contributed by atoms with Crippen LogP contribution in [0.15, 0.2) is 57.2 Å². The summed E-state index contributed by atoms with van der Waals surface area (Å²) in [6, 6.07) is 10.8. The summed E-state index contributed by atoms with van der Waals surface area (Å²) in [4.78, 5) is 27.0. The number of phenols is 1. The lowest BCUT2D eigenvalue weighted by Gasteiger charge is -2.13. The van der Waals surface area contributed by atoms with Crippen molar-refractivity contribution in [2.75, 3.05) is 7.11 Å². The molecule has 154 valence electrons. The Morgan fingerprint density at radius 1 is 1.17 bits per heavy atom. The zero-order chi connectivity index (χ0) is 21.4. The molecule has 4 N–H and O–H groups in total. The third-order valence-electron chi connectivity index (χ3n) is 4.82. The molecule has 0 saturated heterocycles. The topological polar surface area (TPSA) is 129 Å². The molecule has 1 atom stereocenters. The molecule has 10 heteroatoms. The fraction of sp³-hybridized carbons (Fsp3) is 0.150. The molecule has 1 aliphatic rings. The Bertz CT molecular complexity index is 1260. The van der Waals surface area contributed by atoms with Gasteiger partial charge in [0.2, 0.25) is 5.88 Å². The quantitative estimate of drug-likeness (QED) is 0.503. The molecule has 0 fully saturated rings. The first-order valence-corrected chi connectivity index (χ1v) is 9.30. The molecule has 0 spiro atoms. The van der Waals surface area contributed by atoms with E-state index in [4.69, 9.17) is 16.3 Å². The van der Waals surface area contributed by atoms with Gasteiger partial charge in [-0.2, -0.15) is 5.10 Å². The summed E-state index contributed by atoms with van der Waals surface area (Å²) >= 11 is 5.88. The van der Waals surface area contributed by atoms with Crippen molar-refractivity contribution in [2.24, 2.45) is 5.10 Å². The number of nitrogens with one attached hydrogen (secondary N) is 2. The van der Waals surface area contributed by atoms with Crippen LogP contribution in [-0.4, -0.2) is 32.6 Å². The van der Waals surface area contributed by atoms with Gasteiger partial charge >= 0.3 is 5.69 Å². The van der Waals surface area contributed by atoms with Gasteiger partial charge < -0.3 is 20.4 Å². The molecule has 0 aliphatic carbocycles. The van der Waals surface area contributed by atoms with E-state index in [0.717, 1.165) is 10.1 Å². The van der Waals surface area contributed by atoms with Gasteiger partial charge in [0.05, 0.1) is 24.6 Å². The second-order valence-corrected chi connectivity index (χ2v) is 7.08. The molecular formula is C20H17ClN4O5. The normalized spacial score (nSPS) is 15.5. The van der Waals surface area contributed by atoms with Crippen LogP contribution in [0.5, 0.6) is 17.4 Å². The minimum absolute atomic E-state index is 0.00418. The number of aromatic amines is 1. The molecule has 0 radical (unpaired) electrons. The number of hydrogen-bond donors (Lipinski definition) is 4. The summed E-state index contributed by atoms with van der Waals surface area (Å²) < 4.78 is 6.10. The zero-order valence-corrected chi connectivity index (χ0v) is 16.5. The van der Waals surface area contributed by atoms with E-state index in [2.05, 4.69) is 15.5 Å². The monoisotopic (exact) mass is 428 g/mol. The average Bonchev–Trinajstić information content (AvgIpc) is 3.19. The number of nitrogens with zero attached hydrogens (tertiary/aromatic N) is 2. The van der Waals surface area contributed by atoms with E-state index in [1.807, 2.05) is 0 Å². The number of phenolic OH excluding ortho intramolecular Hbond substituents is 1. The summed E-state index contributed by atoms with van der Waals surface area (Å²) in [6.45, 7) is 0. The number of benzene rings is 2. The molecule has 0 bridgehead atoms. The summed E-state index contributed by atoms with van der Waals surface area (Å²) in [6.07, 6.45) is 0.267. The highest BCUT2D eigenvalue weighted by Gasteiger charge is 2.28. The molecule has 4 rings (SSSR count). The van der Waals surface area contributed by atoms with Crippen LogP contribution in [0, 0.1) is 0 Å². The lowest BCUT2D eigenvalue weighted by atomic mass is 9.99. The van der Waals surface area contributed by atoms with Crippen LogP contribution >= 0.6 is 11.6 Å². The van der Waals surface area contributed by atoms with Crippen molar-refractivity contribution in [3.8, 4) is 23.1 Å². The minimum Gasteiger partial charge on any atom is -0.504 e. The highest BCUT2D eigenvalue weighted by Crippen LogP contribution is 2.32. The number of hydrazone groups is 1. The van der Waals surface area contributed by atoms with E-state index < -0.39 is 17.1 Å². The number of halogens is 1. The standard InChI is InChI=1S/C20H17ClN4O5/c1-30-16-8-10(2-7-15(16)26)13-9-14(24-23-13)17-18(27)22-20(29)25(19(17)28)12-5-3-11(21)4-6-12/h2-8,13,23,26,28H,9H2,1H3,(H,22,27,29)/t13-/m0/s1. The average molecular weight is 429 g/mol. The van der Waals surface area contributed by atoms with Crippen LogP contribution in [0.25, 0.3) is 5.69 Å². The minimum atomic E-state index is -0.782. The highest BCUT2D eigenvalue weighted by molar-refractivity contribution is 6.30. The second kappa shape index (κ2) is 7.60. The van der Waals surface area contributed by atoms with E-state index in [-0.39, 0.29) is 29.5 Å². The molecule has 0 amide bonds. The van der Waals surface area contributed by atoms with Gasteiger partial charge in [0.1, 0.15) is 5.56 Å². The van der Waals surface area contributed by atoms with Crippen molar-refractivity contribution in [1.82, 2.24) is 15.0 Å². The van der Waals surface area contributed by atoms with Crippen LogP contribution < -0.4 is 21.4 Å². The van der Waals surface area contributed by atoms with Crippen molar-refractivity contribution < 1.29 is 14.9 Å². The number of hydrogen-bond acceptors (Lipinski definition) is 7. The molecule has 2 heterocycles. The van der Waals surface area contributed by atoms with Crippen LogP contribution in [0.1, 0.15) is 23.6 Å². The largest absolute Gasteiger partial charge is 0.504 e. The number of methoxy groups -OCH3 is 1. The van der Waals surface area contributed by atoms with Gasteiger partial charge in [-0.1, -0.05) is 17.7 Å². The lowest BCUT2D eigenvalue weighted by molar-refractivity contribution is 0.372. The lowest BCUT2D eigenvalue weighted by Crippen LogP contribution is -2.33. The first-order chi connectivity index (χ1) is 14.4. The van der Waals surface area contributed by atoms with E-state index in [0.29, 0.717) is 16.5 Å². The maximum absolute atomic E-state index is 12.5. The Balaban J connectivity index is 1.71. The molecular weight excluding hydrogens is 412 g/mol. The predicted molar refractivity (Wildman–Crippen MR) is 111 cm³/mol. The summed E-state index contributed by atoms with van der Waals surface area (Å²) in [5.74, 6) is -0.209. The van der Waals surface area contributed by atoms with Crippen molar-refractivity contribution in [1.29, 1.82) is 0 Å². The molecule has 1 aliphatic heterocycles. The van der Waals surface area contributed by atoms with Crippen LogP contribution in [-0.2, 0) is 0 Å². The van der Waals surface area contributed by atoms with Crippen molar-refractivity contribution in [3.63, 3.8) is 0 Å². The first-order valence-electron chi connectivity index (χ1n) is 8.92. The van der Waals surface area contributed by atoms with E-state index in [1.165, 1.54) is 13.2 Å². The zero-order valence-electron chi connectivity index (χ0n) is 15.7. The van der Waals surface area contributed by atoms with Gasteiger partial charge in [-0.05, 0) is 42.0 Å². The van der Waals surface area contributed by atoms with Crippen LogP contribution in [0.2, 0.25) is 5.02 Å². The smallest absolute Gasteiger partial charge is 0.335 e. The Kier molecular flexibility index (Phi) is 4.96. The number of ether oxygens (including phenoxy) is 1. The summed E-state index contributed by atoms with van der Waals surface area (Å²) in [5, 5.41) is 25.2.